The Morgan fingerprint density at radius 1 is 0.524 bits per heavy atom. The molecule has 0 amide bonds. The van der Waals surface area contributed by atoms with Gasteiger partial charge in [0.25, 0.3) is 0 Å². The first-order valence-corrected chi connectivity index (χ1v) is 13.5. The van der Waals surface area contributed by atoms with Crippen molar-refractivity contribution in [3.05, 3.63) is 144 Å². The SMILES string of the molecule is [2H]c1c([2H])c([2H])c2c(oc3c([2H])c([2H])c([2H])c(-c4c5c([2H])c([2H])c([2H])c([2H])c5c(-c5ccc6c(c5)C(C)(C)c5ccccc5-6)c5c([2H])c([2H])c([2H])c([2H])c45)c32)c1[2H]. The first kappa shape index (κ1) is 13.2. The summed E-state index contributed by atoms with van der Waals surface area (Å²) < 4.78 is 140. The summed E-state index contributed by atoms with van der Waals surface area (Å²) in [5, 5.41) is -1.27. The minimum Gasteiger partial charge on any atom is -0.456 e. The molecular weight excluding hydrogens is 508 g/mol. The number of furan rings is 1. The van der Waals surface area contributed by atoms with Crippen LogP contribution in [0.4, 0.5) is 0 Å². The molecule has 1 heteroatoms. The monoisotopic (exact) mass is 551 g/mol. The average Bonchev–Trinajstić information content (AvgIpc) is 3.70. The molecule has 8 aromatic rings. The van der Waals surface area contributed by atoms with Gasteiger partial charge in [-0.1, -0.05) is 129 Å². The van der Waals surface area contributed by atoms with Crippen molar-refractivity contribution in [1.82, 2.24) is 0 Å². The van der Waals surface area contributed by atoms with Crippen LogP contribution in [0.15, 0.2) is 138 Å². The molecule has 1 aliphatic carbocycles. The first-order chi connectivity index (χ1) is 26.8. The number of hydrogen-bond donors (Lipinski definition) is 0. The quantitative estimate of drug-likeness (QED) is 0.195. The molecule has 0 atom stereocenters. The zero-order valence-corrected chi connectivity index (χ0v) is 22.4. The van der Waals surface area contributed by atoms with Crippen molar-refractivity contribution in [3.8, 4) is 33.4 Å². The van der Waals surface area contributed by atoms with Gasteiger partial charge in [-0.25, -0.2) is 0 Å². The number of benzene rings is 7. The molecule has 1 heterocycles. The lowest BCUT2D eigenvalue weighted by atomic mass is 9.80. The number of rotatable bonds is 2. The van der Waals surface area contributed by atoms with E-state index in [2.05, 4.69) is 13.8 Å². The predicted octanol–water partition coefficient (Wildman–Crippen LogP) is 11.5. The highest BCUT2D eigenvalue weighted by molar-refractivity contribution is 6.25. The van der Waals surface area contributed by atoms with Crippen LogP contribution < -0.4 is 0 Å². The first-order valence-electron chi connectivity index (χ1n) is 21.0. The fraction of sp³-hybridized carbons (Fsp3) is 0.0732. The van der Waals surface area contributed by atoms with Gasteiger partial charge in [-0.3, -0.25) is 0 Å². The Hall–Kier alpha value is -5.14. The summed E-state index contributed by atoms with van der Waals surface area (Å²) in [5.41, 5.74) is 2.42. The summed E-state index contributed by atoms with van der Waals surface area (Å²) in [7, 11) is 0. The Balaban J connectivity index is 1.60. The Kier molecular flexibility index (Phi) is 2.66. The topological polar surface area (TPSA) is 13.1 Å². The zero-order chi connectivity index (χ0) is 41.1. The molecule has 0 radical (unpaired) electrons. The molecule has 0 spiro atoms. The molecule has 1 nitrogen and oxygen atoms in total. The lowest BCUT2D eigenvalue weighted by Gasteiger charge is -2.23. The molecule has 7 aromatic carbocycles. The molecule has 0 N–H and O–H groups in total. The molecular formula is C41H28O. The van der Waals surface area contributed by atoms with Gasteiger partial charge in [-0.05, 0) is 84.2 Å². The largest absolute Gasteiger partial charge is 0.456 e. The lowest BCUT2D eigenvalue weighted by Crippen LogP contribution is -2.14. The van der Waals surface area contributed by atoms with Gasteiger partial charge in [-0.15, -0.1) is 0 Å². The predicted molar refractivity (Wildman–Crippen MR) is 177 cm³/mol. The van der Waals surface area contributed by atoms with Gasteiger partial charge in [0.2, 0.25) is 0 Å². The van der Waals surface area contributed by atoms with Crippen molar-refractivity contribution >= 4 is 43.5 Å². The molecule has 9 rings (SSSR count). The number of para-hydroxylation sites is 1. The van der Waals surface area contributed by atoms with E-state index in [0.29, 0.717) is 5.56 Å². The second kappa shape index (κ2) is 8.44. The molecule has 0 unspecified atom stereocenters. The molecule has 0 saturated carbocycles. The van der Waals surface area contributed by atoms with E-state index in [1.807, 2.05) is 36.4 Å². The maximum Gasteiger partial charge on any atom is 0.136 e. The van der Waals surface area contributed by atoms with E-state index in [0.717, 1.165) is 22.3 Å². The van der Waals surface area contributed by atoms with Crippen molar-refractivity contribution in [3.63, 3.8) is 0 Å². The summed E-state index contributed by atoms with van der Waals surface area (Å²) >= 11 is 0. The molecule has 1 aromatic heterocycles. The maximum atomic E-state index is 9.41. The third-order valence-electron chi connectivity index (χ3n) is 8.44. The molecule has 198 valence electrons. The highest BCUT2D eigenvalue weighted by Crippen LogP contribution is 2.51. The van der Waals surface area contributed by atoms with Gasteiger partial charge >= 0.3 is 0 Å². The minimum atomic E-state index is -0.709. The van der Waals surface area contributed by atoms with Crippen LogP contribution >= 0.6 is 0 Å². The summed E-state index contributed by atoms with van der Waals surface area (Å²) in [5.74, 6) is 0. The van der Waals surface area contributed by atoms with Crippen LogP contribution in [0.1, 0.15) is 45.5 Å². The van der Waals surface area contributed by atoms with Crippen molar-refractivity contribution in [1.29, 1.82) is 0 Å². The van der Waals surface area contributed by atoms with Crippen LogP contribution in [0.2, 0.25) is 0 Å². The van der Waals surface area contributed by atoms with Crippen LogP contribution in [0.25, 0.3) is 76.9 Å². The van der Waals surface area contributed by atoms with E-state index in [1.54, 1.807) is 6.07 Å². The van der Waals surface area contributed by atoms with E-state index in [1.165, 1.54) is 0 Å². The average molecular weight is 552 g/mol. The van der Waals surface area contributed by atoms with Crippen LogP contribution in [0.5, 0.6) is 0 Å². The van der Waals surface area contributed by atoms with E-state index >= 15 is 0 Å². The molecule has 0 bridgehead atoms. The summed E-state index contributed by atoms with van der Waals surface area (Å²) in [6.45, 7) is 4.11. The van der Waals surface area contributed by atoms with Crippen LogP contribution in [-0.4, -0.2) is 0 Å². The van der Waals surface area contributed by atoms with Crippen LogP contribution in [0.3, 0.4) is 0 Å². The summed E-state index contributed by atoms with van der Waals surface area (Å²) in [4.78, 5) is 0. The zero-order valence-electron chi connectivity index (χ0n) is 37.4. The summed E-state index contributed by atoms with van der Waals surface area (Å²) in [6, 6.07) is 3.98. The molecule has 42 heavy (non-hydrogen) atoms. The number of fused-ring (bicyclic) bond motifs is 8. The van der Waals surface area contributed by atoms with Crippen LogP contribution in [-0.2, 0) is 5.41 Å². The minimum absolute atomic E-state index is 0.0854. The number of hydrogen-bond acceptors (Lipinski definition) is 1. The van der Waals surface area contributed by atoms with Gasteiger partial charge < -0.3 is 4.42 Å². The highest BCUT2D eigenvalue weighted by Gasteiger charge is 2.35. The van der Waals surface area contributed by atoms with Crippen molar-refractivity contribution in [2.45, 2.75) is 19.3 Å². The molecule has 0 fully saturated rings. The Morgan fingerprint density at radius 2 is 1.12 bits per heavy atom. The third-order valence-corrected chi connectivity index (χ3v) is 8.44. The second-order valence-corrected chi connectivity index (χ2v) is 10.9. The van der Waals surface area contributed by atoms with Gasteiger partial charge in [-0.2, -0.15) is 0 Å². The van der Waals surface area contributed by atoms with Gasteiger partial charge in [0.15, 0.2) is 0 Å². The normalized spacial score (nSPS) is 18.7. The maximum absolute atomic E-state index is 9.41. The smallest absolute Gasteiger partial charge is 0.136 e. The Labute approximate surface area is 265 Å². The van der Waals surface area contributed by atoms with E-state index in [4.69, 9.17) is 18.1 Å². The molecule has 1 aliphatic rings. The van der Waals surface area contributed by atoms with E-state index in [9.17, 15) is 6.85 Å². The summed E-state index contributed by atoms with van der Waals surface area (Å²) in [6.07, 6.45) is 0. The Morgan fingerprint density at radius 3 is 1.86 bits per heavy atom. The lowest BCUT2D eigenvalue weighted by molar-refractivity contribution is 0.660. The molecule has 0 saturated heterocycles. The van der Waals surface area contributed by atoms with Gasteiger partial charge in [0.05, 0.1) is 20.6 Å². The third kappa shape index (κ3) is 3.08. The highest BCUT2D eigenvalue weighted by atomic mass is 16.3. The van der Waals surface area contributed by atoms with Crippen molar-refractivity contribution < 1.29 is 25.0 Å². The standard InChI is InChI=1S/C41H28O/c1-41(2)34-19-9-7-12-26(34)27-23-22-25(24-35(27)41)38-28-13-3-5-15-30(28)39(31-16-6-4-14-29(31)38)33-18-11-21-37-40(33)32-17-8-10-20-36(32)42-37/h3-24H,1-2H3/i3D,4D,5D,6D,8D,10D,11D,13D,14D,15D,16D,17D,18D,20D,21D. The van der Waals surface area contributed by atoms with E-state index < -0.39 is 102 Å². The fourth-order valence-corrected chi connectivity index (χ4v) is 6.57. The Bertz CT molecular complexity index is 3140. The van der Waals surface area contributed by atoms with Crippen LogP contribution in [0, 0.1) is 0 Å². The van der Waals surface area contributed by atoms with Crippen molar-refractivity contribution in [2.75, 3.05) is 0 Å². The fourth-order valence-electron chi connectivity index (χ4n) is 6.57. The molecule has 0 aliphatic heterocycles. The van der Waals surface area contributed by atoms with Gasteiger partial charge in [0, 0.05) is 16.2 Å². The second-order valence-electron chi connectivity index (χ2n) is 10.9. The van der Waals surface area contributed by atoms with Crippen molar-refractivity contribution in [2.24, 2.45) is 0 Å². The van der Waals surface area contributed by atoms with Gasteiger partial charge in [0.1, 0.15) is 11.2 Å². The van der Waals surface area contributed by atoms with E-state index in [-0.39, 0.29) is 54.6 Å².